The molecule has 1 aromatic carbocycles. The minimum atomic E-state index is -4.05. The van der Waals surface area contributed by atoms with E-state index in [0.29, 0.717) is 18.2 Å². The van der Waals surface area contributed by atoms with E-state index in [1.807, 2.05) is 0 Å². The summed E-state index contributed by atoms with van der Waals surface area (Å²) < 4.78 is 51.8. The van der Waals surface area contributed by atoms with Gasteiger partial charge in [0.1, 0.15) is 18.0 Å². The standard InChI is InChI=1S/C9H10F2N2O2S/c1-13(2)6-12-16(14,15)9-4-7(10)3-8(11)5-9/h3-6H,1-2H3/b12-6-. The second-order valence-electron chi connectivity index (χ2n) is 3.26. The van der Waals surface area contributed by atoms with Crippen molar-refractivity contribution in [1.29, 1.82) is 0 Å². The fourth-order valence-electron chi connectivity index (χ4n) is 0.895. The van der Waals surface area contributed by atoms with Crippen LogP contribution < -0.4 is 0 Å². The molecule has 0 saturated carbocycles. The van der Waals surface area contributed by atoms with E-state index in [4.69, 9.17) is 0 Å². The molecule has 7 heteroatoms. The molecular weight excluding hydrogens is 238 g/mol. The number of benzene rings is 1. The molecule has 0 fully saturated rings. The van der Waals surface area contributed by atoms with Crippen LogP contribution in [0.4, 0.5) is 8.78 Å². The Hall–Kier alpha value is -1.50. The van der Waals surface area contributed by atoms with Crippen molar-refractivity contribution < 1.29 is 17.2 Å². The first-order valence-corrected chi connectivity index (χ1v) is 5.68. The molecule has 0 spiro atoms. The molecule has 0 aliphatic carbocycles. The van der Waals surface area contributed by atoms with Crippen molar-refractivity contribution in [2.45, 2.75) is 4.90 Å². The van der Waals surface area contributed by atoms with Gasteiger partial charge in [-0.15, -0.1) is 4.40 Å². The zero-order valence-corrected chi connectivity index (χ0v) is 9.50. The second kappa shape index (κ2) is 4.56. The van der Waals surface area contributed by atoms with Crippen LogP contribution in [0.1, 0.15) is 0 Å². The van der Waals surface area contributed by atoms with Crippen LogP contribution in [0.5, 0.6) is 0 Å². The molecule has 0 amide bonds. The first-order valence-electron chi connectivity index (χ1n) is 4.24. The highest BCUT2D eigenvalue weighted by molar-refractivity contribution is 7.90. The van der Waals surface area contributed by atoms with E-state index < -0.39 is 26.6 Å². The summed E-state index contributed by atoms with van der Waals surface area (Å²) in [4.78, 5) is 0.885. The van der Waals surface area contributed by atoms with Crippen LogP contribution >= 0.6 is 0 Å². The summed E-state index contributed by atoms with van der Waals surface area (Å²) in [5.74, 6) is -1.92. The molecule has 0 aromatic heterocycles. The molecule has 4 nitrogen and oxygen atoms in total. The average Bonchev–Trinajstić information content (AvgIpc) is 2.13. The van der Waals surface area contributed by atoms with Gasteiger partial charge in [-0.05, 0) is 12.1 Å². The van der Waals surface area contributed by atoms with E-state index in [-0.39, 0.29) is 0 Å². The van der Waals surface area contributed by atoms with Crippen LogP contribution in [0.2, 0.25) is 0 Å². The van der Waals surface area contributed by atoms with Gasteiger partial charge in [0.15, 0.2) is 0 Å². The van der Waals surface area contributed by atoms with Crippen LogP contribution in [0.25, 0.3) is 0 Å². The predicted molar refractivity (Wildman–Crippen MR) is 55.7 cm³/mol. The van der Waals surface area contributed by atoms with Gasteiger partial charge in [0.05, 0.1) is 4.90 Å². The van der Waals surface area contributed by atoms with Gasteiger partial charge < -0.3 is 4.90 Å². The maximum Gasteiger partial charge on any atom is 0.283 e. The third kappa shape index (κ3) is 3.27. The summed E-state index contributed by atoms with van der Waals surface area (Å²) in [5.41, 5.74) is 0. The molecule has 0 radical (unpaired) electrons. The number of hydrogen-bond donors (Lipinski definition) is 0. The SMILES string of the molecule is CN(C)/C=N\S(=O)(=O)c1cc(F)cc(F)c1. The topological polar surface area (TPSA) is 49.7 Å². The van der Waals surface area contributed by atoms with Crippen LogP contribution in [0.15, 0.2) is 27.5 Å². The Labute approximate surface area is 92.3 Å². The van der Waals surface area contributed by atoms with Gasteiger partial charge in [0.2, 0.25) is 0 Å². The van der Waals surface area contributed by atoms with E-state index in [1.54, 1.807) is 14.1 Å². The Bertz CT molecular complexity index is 492. The van der Waals surface area contributed by atoms with Crippen LogP contribution in [0, 0.1) is 11.6 Å². The van der Waals surface area contributed by atoms with Gasteiger partial charge in [0.25, 0.3) is 10.0 Å². The Kier molecular flexibility index (Phi) is 3.58. The maximum atomic E-state index is 12.8. The third-order valence-electron chi connectivity index (χ3n) is 1.55. The highest BCUT2D eigenvalue weighted by Gasteiger charge is 2.14. The molecule has 0 unspecified atom stereocenters. The van der Waals surface area contributed by atoms with Gasteiger partial charge in [0, 0.05) is 20.2 Å². The Morgan fingerprint density at radius 1 is 1.19 bits per heavy atom. The number of rotatable bonds is 3. The Balaban J connectivity index is 3.17. The Morgan fingerprint density at radius 3 is 2.12 bits per heavy atom. The Morgan fingerprint density at radius 2 is 1.69 bits per heavy atom. The van der Waals surface area contributed by atoms with Crippen LogP contribution in [-0.4, -0.2) is 33.8 Å². The molecule has 0 heterocycles. The zero-order valence-electron chi connectivity index (χ0n) is 8.68. The summed E-state index contributed by atoms with van der Waals surface area (Å²) in [5, 5.41) is 0. The summed E-state index contributed by atoms with van der Waals surface area (Å²) >= 11 is 0. The molecule has 0 aliphatic heterocycles. The molecule has 0 aliphatic rings. The van der Waals surface area contributed by atoms with Gasteiger partial charge in [-0.3, -0.25) is 0 Å². The molecule has 1 rings (SSSR count). The van der Waals surface area contributed by atoms with Crippen LogP contribution in [0.3, 0.4) is 0 Å². The molecule has 0 bridgehead atoms. The minimum absolute atomic E-state index is 0.511. The number of halogens is 2. The van der Waals surface area contributed by atoms with Crippen molar-refractivity contribution in [1.82, 2.24) is 4.90 Å². The fourth-order valence-corrected chi connectivity index (χ4v) is 1.85. The predicted octanol–water partition coefficient (Wildman–Crippen LogP) is 1.24. The van der Waals surface area contributed by atoms with E-state index >= 15 is 0 Å². The quantitative estimate of drug-likeness (QED) is 0.597. The monoisotopic (exact) mass is 248 g/mol. The third-order valence-corrected chi connectivity index (χ3v) is 2.75. The van der Waals surface area contributed by atoms with E-state index in [0.717, 1.165) is 6.34 Å². The maximum absolute atomic E-state index is 12.8. The first kappa shape index (κ1) is 12.6. The fraction of sp³-hybridized carbons (Fsp3) is 0.222. The summed E-state index contributed by atoms with van der Waals surface area (Å²) in [6, 6.07) is 2.02. The highest BCUT2D eigenvalue weighted by atomic mass is 32.2. The molecule has 0 atom stereocenters. The van der Waals surface area contributed by atoms with Crippen molar-refractivity contribution in [3.63, 3.8) is 0 Å². The summed E-state index contributed by atoms with van der Waals surface area (Å²) in [6.45, 7) is 0. The van der Waals surface area contributed by atoms with E-state index in [2.05, 4.69) is 4.40 Å². The van der Waals surface area contributed by atoms with Gasteiger partial charge in [-0.2, -0.15) is 8.42 Å². The largest absolute Gasteiger partial charge is 0.368 e. The lowest BCUT2D eigenvalue weighted by Crippen LogP contribution is -2.10. The van der Waals surface area contributed by atoms with Gasteiger partial charge in [-0.1, -0.05) is 0 Å². The number of sulfonamides is 1. The van der Waals surface area contributed by atoms with Crippen molar-refractivity contribution in [2.24, 2.45) is 4.40 Å². The molecule has 0 saturated heterocycles. The molecule has 16 heavy (non-hydrogen) atoms. The number of nitrogens with zero attached hydrogens (tertiary/aromatic N) is 2. The van der Waals surface area contributed by atoms with Crippen molar-refractivity contribution in [3.05, 3.63) is 29.8 Å². The zero-order chi connectivity index (χ0) is 12.3. The molecule has 0 N–H and O–H groups in total. The van der Waals surface area contributed by atoms with Gasteiger partial charge in [-0.25, -0.2) is 8.78 Å². The lowest BCUT2D eigenvalue weighted by molar-refractivity contribution is 0.567. The highest BCUT2D eigenvalue weighted by Crippen LogP contribution is 2.15. The number of hydrogen-bond acceptors (Lipinski definition) is 2. The minimum Gasteiger partial charge on any atom is -0.368 e. The van der Waals surface area contributed by atoms with Crippen molar-refractivity contribution in [3.8, 4) is 0 Å². The summed E-state index contributed by atoms with van der Waals surface area (Å²) in [7, 11) is -0.903. The van der Waals surface area contributed by atoms with Crippen molar-refractivity contribution in [2.75, 3.05) is 14.1 Å². The van der Waals surface area contributed by atoms with Crippen LogP contribution in [-0.2, 0) is 10.0 Å². The molecule has 88 valence electrons. The lowest BCUT2D eigenvalue weighted by Gasteiger charge is -2.03. The molecule has 1 aromatic rings. The lowest BCUT2D eigenvalue weighted by atomic mass is 10.3. The summed E-state index contributed by atoms with van der Waals surface area (Å²) in [6.07, 6.45) is 1.04. The van der Waals surface area contributed by atoms with Gasteiger partial charge >= 0.3 is 0 Å². The second-order valence-corrected chi connectivity index (χ2v) is 4.90. The van der Waals surface area contributed by atoms with E-state index in [1.165, 1.54) is 4.90 Å². The van der Waals surface area contributed by atoms with Crippen molar-refractivity contribution >= 4 is 16.4 Å². The smallest absolute Gasteiger partial charge is 0.283 e. The first-order chi connectivity index (χ1) is 7.31. The van der Waals surface area contributed by atoms with E-state index in [9.17, 15) is 17.2 Å². The average molecular weight is 248 g/mol. The molecular formula is C9H10F2N2O2S. The normalized spacial score (nSPS) is 12.0.